The number of carbonyl (C=O) groups is 4. The smallest absolute Gasteiger partial charge is 0.333 e. The molecule has 0 aromatic carbocycles. The molecule has 0 aromatic rings. The number of fused-ring (bicyclic) bond motifs is 6. The lowest BCUT2D eigenvalue weighted by Crippen LogP contribution is -2.53. The Morgan fingerprint density at radius 2 is 1.81 bits per heavy atom. The van der Waals surface area contributed by atoms with Gasteiger partial charge >= 0.3 is 17.9 Å². The normalized spacial score (nSPS) is 53.0. The summed E-state index contributed by atoms with van der Waals surface area (Å²) in [6.07, 6.45) is 7.61. The van der Waals surface area contributed by atoms with Crippen molar-refractivity contribution in [3.05, 3.63) is 35.5 Å². The van der Waals surface area contributed by atoms with Gasteiger partial charge in [-0.05, 0) is 65.4 Å². The summed E-state index contributed by atoms with van der Waals surface area (Å²) in [5, 5.41) is 12.3. The summed E-state index contributed by atoms with van der Waals surface area (Å²) in [5.74, 6) is -3.07. The lowest BCUT2D eigenvalue weighted by molar-refractivity contribution is -0.161. The number of esters is 3. The minimum atomic E-state index is -1.17. The van der Waals surface area contributed by atoms with Crippen LogP contribution in [0.5, 0.6) is 0 Å². The molecule has 1 N–H and O–H groups in total. The summed E-state index contributed by atoms with van der Waals surface area (Å²) in [5.41, 5.74) is -2.66. The Bertz CT molecular complexity index is 1420. The second-order valence-electron chi connectivity index (χ2n) is 15.3. The summed E-state index contributed by atoms with van der Waals surface area (Å²) in [7, 11) is 0. The maximum absolute atomic E-state index is 14.7. The molecule has 232 valence electrons. The SMILES string of the molecule is C/C=C(/C)C(=O)O[C@H]1C[C@H](C)[C@@H]2C(=O)C=C(C)[C@@H]2[C@H]2OC(=O)C3(C[C@@]45C=C[C@]3(C)[C@@H]4[C@H]3OC(=O)[C@@H](C)[C@@H]3CC[C@@]5(C)O)[C@@H]21. The van der Waals surface area contributed by atoms with E-state index in [1.807, 2.05) is 27.7 Å². The second-order valence-corrected chi connectivity index (χ2v) is 15.3. The number of aliphatic hydroxyl groups is 1. The van der Waals surface area contributed by atoms with Crippen LogP contribution in [0, 0.1) is 57.7 Å². The molecule has 7 aliphatic rings. The fourth-order valence-corrected chi connectivity index (χ4v) is 11.3. The number of allylic oxidation sites excluding steroid dienone is 3. The Labute approximate surface area is 253 Å². The Balaban J connectivity index is 1.43. The van der Waals surface area contributed by atoms with Gasteiger partial charge in [0.05, 0.1) is 22.9 Å². The molecule has 2 saturated heterocycles. The topological polar surface area (TPSA) is 116 Å². The van der Waals surface area contributed by atoms with Gasteiger partial charge in [-0.15, -0.1) is 0 Å². The van der Waals surface area contributed by atoms with E-state index in [1.54, 1.807) is 26.0 Å². The maximum Gasteiger partial charge on any atom is 0.333 e. The van der Waals surface area contributed by atoms with Crippen LogP contribution in [0.15, 0.2) is 35.5 Å². The summed E-state index contributed by atoms with van der Waals surface area (Å²) in [6.45, 7) is 13.3. The van der Waals surface area contributed by atoms with Crippen LogP contribution in [0.1, 0.15) is 74.1 Å². The van der Waals surface area contributed by atoms with Crippen LogP contribution in [-0.4, -0.2) is 52.7 Å². The second kappa shape index (κ2) is 8.92. The van der Waals surface area contributed by atoms with Gasteiger partial charge in [0.25, 0.3) is 0 Å². The predicted octanol–water partition coefficient (Wildman–Crippen LogP) is 4.50. The van der Waals surface area contributed by atoms with Crippen molar-refractivity contribution >= 4 is 23.7 Å². The van der Waals surface area contributed by atoms with Gasteiger partial charge in [-0.2, -0.15) is 0 Å². The Hall–Kier alpha value is -2.74. The van der Waals surface area contributed by atoms with Crippen LogP contribution in [0.4, 0.5) is 0 Å². The van der Waals surface area contributed by atoms with Crippen molar-refractivity contribution in [1.82, 2.24) is 0 Å². The van der Waals surface area contributed by atoms with Crippen LogP contribution in [0.25, 0.3) is 0 Å². The van der Waals surface area contributed by atoms with E-state index in [0.29, 0.717) is 31.3 Å². The number of carbonyl (C=O) groups excluding carboxylic acids is 4. The Morgan fingerprint density at radius 3 is 2.51 bits per heavy atom. The molecule has 2 bridgehead atoms. The fraction of sp³-hybridized carbons (Fsp3) is 0.714. The van der Waals surface area contributed by atoms with Crippen molar-refractivity contribution in [1.29, 1.82) is 0 Å². The third kappa shape index (κ3) is 3.31. The van der Waals surface area contributed by atoms with Gasteiger partial charge in [0.2, 0.25) is 0 Å². The van der Waals surface area contributed by atoms with E-state index in [4.69, 9.17) is 14.2 Å². The highest BCUT2D eigenvalue weighted by Gasteiger charge is 2.84. The van der Waals surface area contributed by atoms with Crippen molar-refractivity contribution in [3.63, 3.8) is 0 Å². The molecule has 5 aliphatic carbocycles. The summed E-state index contributed by atoms with van der Waals surface area (Å²) < 4.78 is 19.0. The first-order valence-corrected chi connectivity index (χ1v) is 16.1. The first-order valence-electron chi connectivity index (χ1n) is 16.1. The zero-order chi connectivity index (χ0) is 31.0. The number of hydrogen-bond acceptors (Lipinski definition) is 8. The van der Waals surface area contributed by atoms with E-state index in [2.05, 4.69) is 19.1 Å². The largest absolute Gasteiger partial charge is 0.461 e. The molecule has 5 fully saturated rings. The zero-order valence-electron chi connectivity index (χ0n) is 26.2. The van der Waals surface area contributed by atoms with Gasteiger partial charge in [-0.25, -0.2) is 4.79 Å². The molecule has 1 spiro atoms. The van der Waals surface area contributed by atoms with Gasteiger partial charge in [0.1, 0.15) is 18.3 Å². The minimum Gasteiger partial charge on any atom is -0.461 e. The number of hydrogen-bond donors (Lipinski definition) is 1. The quantitative estimate of drug-likeness (QED) is 0.216. The molecule has 0 radical (unpaired) electrons. The van der Waals surface area contributed by atoms with E-state index in [1.165, 1.54) is 0 Å². The molecule has 14 atom stereocenters. The molecule has 43 heavy (non-hydrogen) atoms. The van der Waals surface area contributed by atoms with Crippen molar-refractivity contribution in [2.45, 2.75) is 98.1 Å². The van der Waals surface area contributed by atoms with Gasteiger partial charge in [-0.1, -0.05) is 44.6 Å². The van der Waals surface area contributed by atoms with Crippen molar-refractivity contribution in [2.75, 3.05) is 0 Å². The monoisotopic (exact) mass is 592 g/mol. The lowest BCUT2D eigenvalue weighted by Gasteiger charge is -2.46. The van der Waals surface area contributed by atoms with Gasteiger partial charge in [0.15, 0.2) is 5.78 Å². The number of ether oxygens (including phenoxy) is 3. The molecule has 2 aliphatic heterocycles. The lowest BCUT2D eigenvalue weighted by atomic mass is 9.54. The van der Waals surface area contributed by atoms with E-state index in [-0.39, 0.29) is 53.2 Å². The standard InChI is InChI=1S/C35H44O8/c1-8-16(2)29(37)41-22-14-18(4)23-21(36)13-17(3)24(23)27-25(22)35(31(39)43-27)15-34-12-11-32(35,6)28(34)26-20(9-10-33(34,7)40)19(5)30(38)42-26/h8,11-13,18-20,22-28,40H,9-10,14-15H2,1-7H3/b16-8-/t18-,19-,20-,22-,23+,24-,25+,26-,27+,28-,32+,33+,34-,35?/m0/s1. The van der Waals surface area contributed by atoms with Crippen LogP contribution < -0.4 is 0 Å². The molecule has 3 saturated carbocycles. The van der Waals surface area contributed by atoms with Crippen LogP contribution >= 0.6 is 0 Å². The Kier molecular flexibility index (Phi) is 6.02. The molecule has 7 rings (SSSR count). The van der Waals surface area contributed by atoms with Gasteiger partial charge in [-0.3, -0.25) is 14.4 Å². The highest BCUT2D eigenvalue weighted by atomic mass is 16.6. The average Bonchev–Trinajstić information content (AvgIpc) is 3.62. The van der Waals surface area contributed by atoms with Gasteiger partial charge in [0, 0.05) is 40.1 Å². The molecule has 8 nitrogen and oxygen atoms in total. The first-order chi connectivity index (χ1) is 20.1. The maximum atomic E-state index is 14.7. The number of rotatable bonds is 2. The molecule has 2 heterocycles. The molecular formula is C35H44O8. The van der Waals surface area contributed by atoms with Gasteiger partial charge < -0.3 is 19.3 Å². The Morgan fingerprint density at radius 1 is 1.09 bits per heavy atom. The minimum absolute atomic E-state index is 0.0304. The first kappa shape index (κ1) is 29.0. The van der Waals surface area contributed by atoms with Crippen molar-refractivity contribution < 1.29 is 38.5 Å². The van der Waals surface area contributed by atoms with Crippen LogP contribution in [0.3, 0.4) is 0 Å². The zero-order valence-corrected chi connectivity index (χ0v) is 26.2. The molecule has 8 heteroatoms. The highest BCUT2D eigenvalue weighted by Crippen LogP contribution is 2.80. The van der Waals surface area contributed by atoms with E-state index in [9.17, 15) is 24.3 Å². The van der Waals surface area contributed by atoms with Crippen molar-refractivity contribution in [2.24, 2.45) is 57.7 Å². The average molecular weight is 593 g/mol. The van der Waals surface area contributed by atoms with Crippen molar-refractivity contribution in [3.8, 4) is 0 Å². The fourth-order valence-electron chi connectivity index (χ4n) is 11.3. The molecule has 1 unspecified atom stereocenters. The molecule has 0 aromatic heterocycles. The van der Waals surface area contributed by atoms with E-state index in [0.717, 1.165) is 5.57 Å². The summed E-state index contributed by atoms with van der Waals surface area (Å²) >= 11 is 0. The predicted molar refractivity (Wildman–Crippen MR) is 155 cm³/mol. The van der Waals surface area contributed by atoms with E-state index < -0.39 is 52.0 Å². The van der Waals surface area contributed by atoms with Crippen LogP contribution in [-0.2, 0) is 33.4 Å². The summed E-state index contributed by atoms with van der Waals surface area (Å²) in [4.78, 5) is 54.4. The third-order valence-electron chi connectivity index (χ3n) is 13.6. The highest BCUT2D eigenvalue weighted by molar-refractivity contribution is 5.96. The number of ketones is 1. The third-order valence-corrected chi connectivity index (χ3v) is 13.6. The molecule has 0 amide bonds. The van der Waals surface area contributed by atoms with E-state index >= 15 is 0 Å². The molecular weight excluding hydrogens is 548 g/mol. The van der Waals surface area contributed by atoms with Crippen LogP contribution in [0.2, 0.25) is 0 Å². The summed E-state index contributed by atoms with van der Waals surface area (Å²) in [6, 6.07) is 0.